The van der Waals surface area contributed by atoms with Crippen molar-refractivity contribution in [2.45, 2.75) is 33.2 Å². The van der Waals surface area contributed by atoms with Crippen LogP contribution in [-0.4, -0.2) is 31.1 Å². The van der Waals surface area contributed by atoms with E-state index in [1.807, 2.05) is 23.1 Å². The van der Waals surface area contributed by atoms with E-state index in [0.29, 0.717) is 32.0 Å². The molecule has 0 spiro atoms. The van der Waals surface area contributed by atoms with Crippen molar-refractivity contribution >= 4 is 5.91 Å². The highest BCUT2D eigenvalue weighted by atomic mass is 16.5. The Bertz CT molecular complexity index is 362. The van der Waals surface area contributed by atoms with Gasteiger partial charge >= 0.3 is 0 Å². The summed E-state index contributed by atoms with van der Waals surface area (Å²) in [5, 5.41) is 0. The van der Waals surface area contributed by atoms with Crippen LogP contribution in [0.5, 0.6) is 0 Å². The van der Waals surface area contributed by atoms with Crippen LogP contribution >= 0.6 is 0 Å². The van der Waals surface area contributed by atoms with E-state index < -0.39 is 0 Å². The second-order valence-corrected chi connectivity index (χ2v) is 5.23. The molecule has 3 heteroatoms. The maximum absolute atomic E-state index is 12.2. The van der Waals surface area contributed by atoms with Crippen LogP contribution in [-0.2, 0) is 16.1 Å². The van der Waals surface area contributed by atoms with Crippen molar-refractivity contribution in [3.05, 3.63) is 35.9 Å². The third-order valence-electron chi connectivity index (χ3n) is 3.07. The molecular formula is C16H25NO2. The van der Waals surface area contributed by atoms with Crippen LogP contribution in [0.15, 0.2) is 30.3 Å². The lowest BCUT2D eigenvalue weighted by atomic mass is 10.1. The van der Waals surface area contributed by atoms with Gasteiger partial charge in [-0.15, -0.1) is 0 Å². The number of hydrogen-bond donors (Lipinski definition) is 0. The average Bonchev–Trinajstić information content (AvgIpc) is 2.41. The molecule has 1 amide bonds. The van der Waals surface area contributed by atoms with Crippen molar-refractivity contribution in [2.75, 3.05) is 20.3 Å². The number of rotatable bonds is 8. The summed E-state index contributed by atoms with van der Waals surface area (Å²) in [4.78, 5) is 14.1. The first-order valence-electron chi connectivity index (χ1n) is 6.94. The third-order valence-corrected chi connectivity index (χ3v) is 3.07. The first kappa shape index (κ1) is 15.7. The van der Waals surface area contributed by atoms with E-state index in [0.717, 1.165) is 12.0 Å². The minimum absolute atomic E-state index is 0.217. The highest BCUT2D eigenvalue weighted by Crippen LogP contribution is 2.10. The van der Waals surface area contributed by atoms with Crippen LogP contribution in [0.25, 0.3) is 0 Å². The molecule has 0 aliphatic heterocycles. The average molecular weight is 263 g/mol. The van der Waals surface area contributed by atoms with Crippen LogP contribution in [0.4, 0.5) is 0 Å². The molecule has 1 aromatic rings. The lowest BCUT2D eigenvalue weighted by molar-refractivity contribution is -0.132. The maximum Gasteiger partial charge on any atom is 0.222 e. The van der Waals surface area contributed by atoms with Gasteiger partial charge in [0.25, 0.3) is 0 Å². The Balaban J connectivity index is 2.57. The second-order valence-electron chi connectivity index (χ2n) is 5.23. The summed E-state index contributed by atoms with van der Waals surface area (Å²) < 4.78 is 5.09. The molecule has 0 fully saturated rings. The Morgan fingerprint density at radius 1 is 1.26 bits per heavy atom. The topological polar surface area (TPSA) is 29.5 Å². The molecule has 19 heavy (non-hydrogen) atoms. The van der Waals surface area contributed by atoms with Crippen molar-refractivity contribution in [3.8, 4) is 0 Å². The minimum atomic E-state index is 0.217. The smallest absolute Gasteiger partial charge is 0.222 e. The van der Waals surface area contributed by atoms with Crippen LogP contribution in [0.1, 0.15) is 32.3 Å². The number of methoxy groups -OCH3 is 1. The van der Waals surface area contributed by atoms with Gasteiger partial charge in [-0.3, -0.25) is 4.79 Å². The number of carbonyl (C=O) groups excluding carboxylic acids is 1. The zero-order chi connectivity index (χ0) is 14.1. The number of hydrogen-bond acceptors (Lipinski definition) is 2. The van der Waals surface area contributed by atoms with E-state index in [4.69, 9.17) is 4.74 Å². The standard InChI is InChI=1S/C16H25NO2/c1-14(2)9-10-16(18)17(11-12-19-3)13-15-7-5-4-6-8-15/h4-8,14H,9-13H2,1-3H3. The van der Waals surface area contributed by atoms with E-state index in [1.54, 1.807) is 7.11 Å². The predicted octanol–water partition coefficient (Wildman–Crippen LogP) is 3.10. The first-order chi connectivity index (χ1) is 9.13. The molecule has 0 N–H and O–H groups in total. The van der Waals surface area contributed by atoms with Crippen LogP contribution in [0.3, 0.4) is 0 Å². The van der Waals surface area contributed by atoms with Crippen LogP contribution in [0.2, 0.25) is 0 Å². The summed E-state index contributed by atoms with van der Waals surface area (Å²) in [5.74, 6) is 0.777. The molecule has 0 heterocycles. The van der Waals surface area contributed by atoms with E-state index in [-0.39, 0.29) is 5.91 Å². The van der Waals surface area contributed by atoms with Gasteiger partial charge in [-0.05, 0) is 17.9 Å². The van der Waals surface area contributed by atoms with Gasteiger partial charge in [-0.2, -0.15) is 0 Å². The lowest BCUT2D eigenvalue weighted by Gasteiger charge is -2.23. The molecule has 1 aromatic carbocycles. The van der Waals surface area contributed by atoms with Crippen LogP contribution < -0.4 is 0 Å². The van der Waals surface area contributed by atoms with E-state index >= 15 is 0 Å². The predicted molar refractivity (Wildman–Crippen MR) is 77.8 cm³/mol. The molecule has 0 aliphatic rings. The molecule has 0 unspecified atom stereocenters. The highest BCUT2D eigenvalue weighted by molar-refractivity contribution is 5.76. The van der Waals surface area contributed by atoms with Gasteiger partial charge in [0.1, 0.15) is 0 Å². The van der Waals surface area contributed by atoms with Gasteiger partial charge in [-0.1, -0.05) is 44.2 Å². The van der Waals surface area contributed by atoms with Gasteiger partial charge in [0, 0.05) is 26.6 Å². The summed E-state index contributed by atoms with van der Waals surface area (Å²) in [6.07, 6.45) is 1.56. The van der Waals surface area contributed by atoms with Crippen molar-refractivity contribution < 1.29 is 9.53 Å². The Hall–Kier alpha value is -1.35. The molecule has 3 nitrogen and oxygen atoms in total. The summed E-state index contributed by atoms with van der Waals surface area (Å²) >= 11 is 0. The Kier molecular flexibility index (Phi) is 7.19. The summed E-state index contributed by atoms with van der Waals surface area (Å²) in [7, 11) is 1.67. The Morgan fingerprint density at radius 2 is 1.95 bits per heavy atom. The molecule has 0 saturated carbocycles. The number of carbonyl (C=O) groups is 1. The number of benzene rings is 1. The SMILES string of the molecule is COCCN(Cc1ccccc1)C(=O)CCC(C)C. The zero-order valence-electron chi connectivity index (χ0n) is 12.3. The van der Waals surface area contributed by atoms with E-state index in [1.165, 1.54) is 0 Å². The third kappa shape index (κ3) is 6.39. The monoisotopic (exact) mass is 263 g/mol. The number of amides is 1. The molecular weight excluding hydrogens is 238 g/mol. The second kappa shape index (κ2) is 8.70. The highest BCUT2D eigenvalue weighted by Gasteiger charge is 2.14. The molecule has 0 aliphatic carbocycles. The normalized spacial score (nSPS) is 10.7. The van der Waals surface area contributed by atoms with E-state index in [9.17, 15) is 4.79 Å². The molecule has 0 bridgehead atoms. The molecule has 106 valence electrons. The van der Waals surface area contributed by atoms with Crippen molar-refractivity contribution in [1.82, 2.24) is 4.90 Å². The minimum Gasteiger partial charge on any atom is -0.383 e. The summed E-state index contributed by atoms with van der Waals surface area (Å²) in [6, 6.07) is 10.1. The maximum atomic E-state index is 12.2. The largest absolute Gasteiger partial charge is 0.383 e. The number of nitrogens with zero attached hydrogens (tertiary/aromatic N) is 1. The molecule has 1 rings (SSSR count). The van der Waals surface area contributed by atoms with E-state index in [2.05, 4.69) is 26.0 Å². The lowest BCUT2D eigenvalue weighted by Crippen LogP contribution is -2.33. The van der Waals surface area contributed by atoms with Gasteiger partial charge in [0.2, 0.25) is 5.91 Å². The number of ether oxygens (including phenoxy) is 1. The van der Waals surface area contributed by atoms with Gasteiger partial charge in [0.05, 0.1) is 6.61 Å². The Labute approximate surface area is 116 Å². The van der Waals surface area contributed by atoms with Gasteiger partial charge < -0.3 is 9.64 Å². The quantitative estimate of drug-likeness (QED) is 0.721. The fourth-order valence-corrected chi connectivity index (χ4v) is 1.87. The van der Waals surface area contributed by atoms with Crippen molar-refractivity contribution in [3.63, 3.8) is 0 Å². The van der Waals surface area contributed by atoms with Crippen LogP contribution in [0, 0.1) is 5.92 Å². The van der Waals surface area contributed by atoms with Crippen molar-refractivity contribution in [1.29, 1.82) is 0 Å². The van der Waals surface area contributed by atoms with Gasteiger partial charge in [-0.25, -0.2) is 0 Å². The Morgan fingerprint density at radius 3 is 2.53 bits per heavy atom. The van der Waals surface area contributed by atoms with Crippen molar-refractivity contribution in [2.24, 2.45) is 5.92 Å². The van der Waals surface area contributed by atoms with Gasteiger partial charge in [0.15, 0.2) is 0 Å². The molecule has 0 atom stereocenters. The summed E-state index contributed by atoms with van der Waals surface area (Å²) in [6.45, 7) is 6.19. The molecule has 0 aromatic heterocycles. The first-order valence-corrected chi connectivity index (χ1v) is 6.94. The fourth-order valence-electron chi connectivity index (χ4n) is 1.87. The molecule has 0 radical (unpaired) electrons. The molecule has 0 saturated heterocycles. The fraction of sp³-hybridized carbons (Fsp3) is 0.562. The zero-order valence-corrected chi connectivity index (χ0v) is 12.3. The summed E-state index contributed by atoms with van der Waals surface area (Å²) in [5.41, 5.74) is 1.16.